The smallest absolute Gasteiger partial charge is 0.257 e. The Balaban J connectivity index is 1.78. The summed E-state index contributed by atoms with van der Waals surface area (Å²) >= 11 is 0. The largest absolute Gasteiger partial charge is 0.474 e. The molecule has 8 nitrogen and oxygen atoms in total. The van der Waals surface area contributed by atoms with E-state index in [-0.39, 0.29) is 35.0 Å². The van der Waals surface area contributed by atoms with Gasteiger partial charge >= 0.3 is 0 Å². The van der Waals surface area contributed by atoms with Crippen molar-refractivity contribution in [3.8, 4) is 5.88 Å². The molecule has 1 saturated carbocycles. The Morgan fingerprint density at radius 3 is 2.35 bits per heavy atom. The normalized spacial score (nSPS) is 20.8. The number of carbonyl (C=O) groups excluding carboxylic acids is 1. The molecular weight excluding hydrogens is 468 g/mol. The van der Waals surface area contributed by atoms with Crippen LogP contribution in [0, 0.1) is 5.92 Å². The van der Waals surface area contributed by atoms with Crippen LogP contribution in [0.15, 0.2) is 47.6 Å². The van der Waals surface area contributed by atoms with E-state index < -0.39 is 34.0 Å². The number of aromatic nitrogens is 2. The van der Waals surface area contributed by atoms with E-state index in [1.807, 2.05) is 6.92 Å². The SMILES string of the molecule is CCOCCOc1cnc(NC(=O)C(=CC2C[C@@H](F)[C@@H](F)C2)c2ccc(S(C)(=O)=O)cc2)cn1. The fourth-order valence-corrected chi connectivity index (χ4v) is 4.15. The first-order valence-electron chi connectivity index (χ1n) is 10.8. The van der Waals surface area contributed by atoms with Gasteiger partial charge in [-0.1, -0.05) is 18.2 Å². The van der Waals surface area contributed by atoms with Gasteiger partial charge in [0.2, 0.25) is 5.88 Å². The molecule has 2 aromatic rings. The molecule has 1 aromatic carbocycles. The fraction of sp³-hybridized carbons (Fsp3) is 0.435. The number of nitrogens with one attached hydrogen (secondary N) is 1. The molecule has 0 bridgehead atoms. The lowest BCUT2D eigenvalue weighted by atomic mass is 9.98. The van der Waals surface area contributed by atoms with Gasteiger partial charge in [0.15, 0.2) is 15.7 Å². The van der Waals surface area contributed by atoms with Crippen molar-refractivity contribution in [2.45, 2.75) is 37.0 Å². The first kappa shape index (κ1) is 25.7. The van der Waals surface area contributed by atoms with Crippen LogP contribution >= 0.6 is 0 Å². The number of benzene rings is 1. The minimum Gasteiger partial charge on any atom is -0.474 e. The highest BCUT2D eigenvalue weighted by atomic mass is 32.2. The Kier molecular flexibility index (Phi) is 8.67. The molecule has 34 heavy (non-hydrogen) atoms. The molecule has 1 aromatic heterocycles. The standard InChI is InChI=1S/C23H27F2N3O5S/c1-3-32-8-9-33-22-14-26-21(13-27-22)28-23(29)18(10-15-11-19(24)20(25)12-15)16-4-6-17(7-5-16)34(2,30)31/h4-7,10,13-15,19-20H,3,8-9,11-12H2,1-2H3,(H,26,28,29)/t15?,19-,20+. The van der Waals surface area contributed by atoms with Crippen LogP contribution in [0.3, 0.4) is 0 Å². The number of anilines is 1. The van der Waals surface area contributed by atoms with Gasteiger partial charge in [-0.25, -0.2) is 27.2 Å². The van der Waals surface area contributed by atoms with Crippen LogP contribution in [-0.2, 0) is 19.4 Å². The zero-order valence-corrected chi connectivity index (χ0v) is 19.7. The predicted molar refractivity (Wildman–Crippen MR) is 123 cm³/mol. The van der Waals surface area contributed by atoms with E-state index in [9.17, 15) is 22.0 Å². The van der Waals surface area contributed by atoms with Gasteiger partial charge in [-0.2, -0.15) is 0 Å². The first-order valence-corrected chi connectivity index (χ1v) is 12.7. The molecule has 0 radical (unpaired) electrons. The molecule has 11 heteroatoms. The van der Waals surface area contributed by atoms with Crippen LogP contribution in [0.2, 0.25) is 0 Å². The quantitative estimate of drug-likeness (QED) is 0.398. The zero-order valence-electron chi connectivity index (χ0n) is 18.9. The fourth-order valence-electron chi connectivity index (χ4n) is 3.51. The molecule has 1 unspecified atom stereocenters. The molecule has 0 saturated heterocycles. The predicted octanol–water partition coefficient (Wildman–Crippen LogP) is 3.40. The highest BCUT2D eigenvalue weighted by molar-refractivity contribution is 7.90. The highest BCUT2D eigenvalue weighted by Crippen LogP contribution is 2.34. The van der Waals surface area contributed by atoms with Gasteiger partial charge in [-0.05, 0) is 43.4 Å². The minimum atomic E-state index is -3.42. The lowest BCUT2D eigenvalue weighted by molar-refractivity contribution is -0.111. The van der Waals surface area contributed by atoms with Crippen LogP contribution in [0.1, 0.15) is 25.3 Å². The topological polar surface area (TPSA) is 107 Å². The molecule has 1 heterocycles. The van der Waals surface area contributed by atoms with E-state index >= 15 is 0 Å². The number of nitrogens with zero attached hydrogens (tertiary/aromatic N) is 2. The number of ether oxygens (including phenoxy) is 2. The Bertz CT molecular complexity index is 1100. The second kappa shape index (κ2) is 11.5. The summed E-state index contributed by atoms with van der Waals surface area (Å²) in [5.41, 5.74) is 0.566. The third kappa shape index (κ3) is 7.04. The van der Waals surface area contributed by atoms with Crippen LogP contribution in [0.5, 0.6) is 5.88 Å². The summed E-state index contributed by atoms with van der Waals surface area (Å²) in [6.45, 7) is 3.16. The lowest BCUT2D eigenvalue weighted by Gasteiger charge is -2.12. The summed E-state index contributed by atoms with van der Waals surface area (Å²) in [7, 11) is -3.42. The van der Waals surface area contributed by atoms with Gasteiger partial charge in [0.1, 0.15) is 19.0 Å². The lowest BCUT2D eigenvalue weighted by Crippen LogP contribution is -2.16. The van der Waals surface area contributed by atoms with Gasteiger partial charge in [-0.15, -0.1) is 0 Å². The van der Waals surface area contributed by atoms with Crippen molar-refractivity contribution >= 4 is 27.1 Å². The average molecular weight is 496 g/mol. The molecular formula is C23H27F2N3O5S. The van der Waals surface area contributed by atoms with Gasteiger partial charge in [0.25, 0.3) is 5.91 Å². The van der Waals surface area contributed by atoms with Gasteiger partial charge in [0, 0.05) is 18.4 Å². The molecule has 0 spiro atoms. The maximum absolute atomic E-state index is 13.7. The second-order valence-corrected chi connectivity index (χ2v) is 9.90. The zero-order chi connectivity index (χ0) is 24.7. The number of allylic oxidation sites excluding steroid dienone is 1. The molecule has 3 rings (SSSR count). The summed E-state index contributed by atoms with van der Waals surface area (Å²) in [6, 6.07) is 5.73. The number of alkyl halides is 2. The van der Waals surface area contributed by atoms with Crippen LogP contribution < -0.4 is 10.1 Å². The first-order chi connectivity index (χ1) is 16.2. The number of carbonyl (C=O) groups is 1. The molecule has 1 aliphatic rings. The summed E-state index contributed by atoms with van der Waals surface area (Å²) in [5, 5.41) is 2.62. The maximum Gasteiger partial charge on any atom is 0.257 e. The van der Waals surface area contributed by atoms with Crippen molar-refractivity contribution < 1.29 is 31.5 Å². The second-order valence-electron chi connectivity index (χ2n) is 7.88. The van der Waals surface area contributed by atoms with E-state index in [4.69, 9.17) is 9.47 Å². The number of hydrogen-bond donors (Lipinski definition) is 1. The van der Waals surface area contributed by atoms with E-state index in [0.717, 1.165) is 6.26 Å². The van der Waals surface area contributed by atoms with Crippen LogP contribution in [-0.4, -0.2) is 62.7 Å². The average Bonchev–Trinajstić information content (AvgIpc) is 3.12. The third-order valence-electron chi connectivity index (χ3n) is 5.24. The van der Waals surface area contributed by atoms with Crippen LogP contribution in [0.4, 0.5) is 14.6 Å². The molecule has 184 valence electrons. The monoisotopic (exact) mass is 495 g/mol. The summed E-state index contributed by atoms with van der Waals surface area (Å²) in [4.78, 5) is 21.4. The number of hydrogen-bond acceptors (Lipinski definition) is 7. The van der Waals surface area contributed by atoms with E-state index in [2.05, 4.69) is 15.3 Å². The maximum atomic E-state index is 13.7. The Labute approximate surface area is 197 Å². The highest BCUT2D eigenvalue weighted by Gasteiger charge is 2.34. The van der Waals surface area contributed by atoms with Gasteiger partial charge in [-0.3, -0.25) is 4.79 Å². The molecule has 1 N–H and O–H groups in total. The van der Waals surface area contributed by atoms with Crippen molar-refractivity contribution in [2.24, 2.45) is 5.92 Å². The Morgan fingerprint density at radius 1 is 1.12 bits per heavy atom. The number of sulfone groups is 1. The van der Waals surface area contributed by atoms with Gasteiger partial charge < -0.3 is 14.8 Å². The van der Waals surface area contributed by atoms with Crippen LogP contribution in [0.25, 0.3) is 5.57 Å². The van der Waals surface area contributed by atoms with Crippen molar-refractivity contribution in [3.63, 3.8) is 0 Å². The number of amides is 1. The Morgan fingerprint density at radius 2 is 1.79 bits per heavy atom. The minimum absolute atomic E-state index is 0.0348. The summed E-state index contributed by atoms with van der Waals surface area (Å²) in [5.74, 6) is -0.630. The van der Waals surface area contributed by atoms with E-state index in [0.29, 0.717) is 25.4 Å². The molecule has 1 amide bonds. The summed E-state index contributed by atoms with van der Waals surface area (Å²) in [6.07, 6.45) is 2.04. The van der Waals surface area contributed by atoms with Crippen molar-refractivity contribution in [3.05, 3.63) is 48.3 Å². The summed E-state index contributed by atoms with van der Waals surface area (Å²) < 4.78 is 61.5. The van der Waals surface area contributed by atoms with Gasteiger partial charge in [0.05, 0.1) is 23.9 Å². The molecule has 1 fully saturated rings. The Hall–Kier alpha value is -2.92. The number of halogens is 2. The number of rotatable bonds is 10. The van der Waals surface area contributed by atoms with Crippen molar-refractivity contribution in [1.29, 1.82) is 0 Å². The van der Waals surface area contributed by atoms with Crippen molar-refractivity contribution in [1.82, 2.24) is 9.97 Å². The van der Waals surface area contributed by atoms with E-state index in [1.54, 1.807) is 0 Å². The third-order valence-corrected chi connectivity index (χ3v) is 6.37. The molecule has 3 atom stereocenters. The molecule has 1 aliphatic carbocycles. The van der Waals surface area contributed by atoms with Crippen molar-refractivity contribution in [2.75, 3.05) is 31.4 Å². The molecule has 0 aliphatic heterocycles. The van der Waals surface area contributed by atoms with E-state index in [1.165, 1.54) is 42.7 Å².